The van der Waals surface area contributed by atoms with E-state index >= 15 is 0 Å². The molecule has 0 spiro atoms. The standard InChI is InChI=1S/C32H50O4/c1-5-9-13-33-23-27-17-28(24-34-14-10-6-2)20-31(19-27)32-21-29(25-35-15-11-7-3)18-30(22-32)26-36-16-12-8-4/h17-22H,5-16,23-26H2,1-4H3. The number of rotatable bonds is 21. The first kappa shape index (κ1) is 30.5. The van der Waals surface area contributed by atoms with Crippen LogP contribution in [0.5, 0.6) is 0 Å². The van der Waals surface area contributed by atoms with E-state index < -0.39 is 0 Å². The molecule has 2 rings (SSSR count). The van der Waals surface area contributed by atoms with Gasteiger partial charge in [-0.1, -0.05) is 65.5 Å². The van der Waals surface area contributed by atoms with Gasteiger partial charge in [-0.25, -0.2) is 0 Å². The van der Waals surface area contributed by atoms with Crippen LogP contribution in [0.15, 0.2) is 36.4 Å². The summed E-state index contributed by atoms with van der Waals surface area (Å²) in [5.41, 5.74) is 7.19. The molecule has 2 aromatic rings. The van der Waals surface area contributed by atoms with Crippen LogP contribution in [0.2, 0.25) is 0 Å². The van der Waals surface area contributed by atoms with Gasteiger partial charge >= 0.3 is 0 Å². The molecule has 0 aliphatic heterocycles. The van der Waals surface area contributed by atoms with Gasteiger partial charge in [-0.05, 0) is 83.3 Å². The summed E-state index contributed by atoms with van der Waals surface area (Å²) >= 11 is 0. The fourth-order valence-corrected chi connectivity index (χ4v) is 3.94. The lowest BCUT2D eigenvalue weighted by molar-refractivity contribution is 0.114. The quantitative estimate of drug-likeness (QED) is 0.161. The van der Waals surface area contributed by atoms with Gasteiger partial charge in [0.1, 0.15) is 0 Å². The van der Waals surface area contributed by atoms with Crippen LogP contribution in [0.25, 0.3) is 11.1 Å². The van der Waals surface area contributed by atoms with E-state index in [1.54, 1.807) is 0 Å². The van der Waals surface area contributed by atoms with E-state index in [4.69, 9.17) is 18.9 Å². The van der Waals surface area contributed by atoms with E-state index in [1.807, 2.05) is 0 Å². The molecule has 0 bridgehead atoms. The van der Waals surface area contributed by atoms with E-state index in [1.165, 1.54) is 33.4 Å². The van der Waals surface area contributed by atoms with Crippen molar-refractivity contribution in [2.24, 2.45) is 0 Å². The van der Waals surface area contributed by atoms with Crippen molar-refractivity contribution in [1.29, 1.82) is 0 Å². The minimum absolute atomic E-state index is 0.628. The molecule has 4 nitrogen and oxygen atoms in total. The molecule has 0 fully saturated rings. The molecule has 0 heterocycles. The van der Waals surface area contributed by atoms with E-state index in [0.29, 0.717) is 26.4 Å². The second kappa shape index (κ2) is 19.4. The summed E-state index contributed by atoms with van der Waals surface area (Å²) in [6, 6.07) is 13.5. The Labute approximate surface area is 220 Å². The maximum absolute atomic E-state index is 5.97. The topological polar surface area (TPSA) is 36.9 Å². The Bertz CT molecular complexity index is 703. The molecule has 36 heavy (non-hydrogen) atoms. The summed E-state index contributed by atoms with van der Waals surface area (Å²) < 4.78 is 23.9. The molecule has 0 aliphatic rings. The minimum atomic E-state index is 0.628. The van der Waals surface area contributed by atoms with Crippen LogP contribution >= 0.6 is 0 Å². The summed E-state index contributed by atoms with van der Waals surface area (Å²) in [6.45, 7) is 14.5. The average molecular weight is 499 g/mol. The summed E-state index contributed by atoms with van der Waals surface area (Å²) in [5.74, 6) is 0. The van der Waals surface area contributed by atoms with Crippen molar-refractivity contribution in [3.63, 3.8) is 0 Å². The number of hydrogen-bond donors (Lipinski definition) is 0. The predicted molar refractivity (Wildman–Crippen MR) is 150 cm³/mol. The van der Waals surface area contributed by atoms with Crippen molar-refractivity contribution >= 4 is 0 Å². The Morgan fingerprint density at radius 2 is 0.639 bits per heavy atom. The third kappa shape index (κ3) is 12.5. The van der Waals surface area contributed by atoms with Gasteiger partial charge in [0.25, 0.3) is 0 Å². The molecule has 0 amide bonds. The molecule has 0 atom stereocenters. The Kier molecular flexibility index (Phi) is 16.4. The zero-order valence-corrected chi connectivity index (χ0v) is 23.4. The van der Waals surface area contributed by atoms with Crippen molar-refractivity contribution < 1.29 is 18.9 Å². The van der Waals surface area contributed by atoms with Gasteiger partial charge in [0.2, 0.25) is 0 Å². The number of ether oxygens (including phenoxy) is 4. The maximum Gasteiger partial charge on any atom is 0.0717 e. The monoisotopic (exact) mass is 498 g/mol. The number of unbranched alkanes of at least 4 members (excludes halogenated alkanes) is 4. The molecule has 0 N–H and O–H groups in total. The third-order valence-corrected chi connectivity index (χ3v) is 6.08. The molecule has 0 radical (unpaired) electrons. The van der Waals surface area contributed by atoms with Gasteiger partial charge in [0, 0.05) is 26.4 Å². The van der Waals surface area contributed by atoms with Crippen LogP contribution in [0.3, 0.4) is 0 Å². The highest BCUT2D eigenvalue weighted by atomic mass is 16.5. The van der Waals surface area contributed by atoms with Crippen LogP contribution in [-0.4, -0.2) is 26.4 Å². The number of hydrogen-bond acceptors (Lipinski definition) is 4. The molecule has 0 aromatic heterocycles. The summed E-state index contributed by atoms with van der Waals surface area (Å²) in [7, 11) is 0. The fraction of sp³-hybridized carbons (Fsp3) is 0.625. The molecule has 0 unspecified atom stereocenters. The van der Waals surface area contributed by atoms with Gasteiger partial charge in [-0.3, -0.25) is 0 Å². The first-order valence-electron chi connectivity index (χ1n) is 14.3. The highest BCUT2D eigenvalue weighted by Gasteiger charge is 2.09. The molecular weight excluding hydrogens is 448 g/mol. The van der Waals surface area contributed by atoms with Crippen molar-refractivity contribution in [2.75, 3.05) is 26.4 Å². The Hall–Kier alpha value is -1.72. The van der Waals surface area contributed by atoms with Gasteiger partial charge < -0.3 is 18.9 Å². The SMILES string of the molecule is CCCCOCc1cc(COCCCC)cc(-c2cc(COCCCC)cc(COCCCC)c2)c1. The molecule has 2 aromatic carbocycles. The highest BCUT2D eigenvalue weighted by molar-refractivity contribution is 5.67. The fourth-order valence-electron chi connectivity index (χ4n) is 3.94. The van der Waals surface area contributed by atoms with Gasteiger partial charge in [-0.15, -0.1) is 0 Å². The lowest BCUT2D eigenvalue weighted by Crippen LogP contribution is -2.01. The van der Waals surface area contributed by atoms with Gasteiger partial charge in [0.15, 0.2) is 0 Å². The average Bonchev–Trinajstić information content (AvgIpc) is 2.89. The highest BCUT2D eigenvalue weighted by Crippen LogP contribution is 2.27. The Morgan fingerprint density at radius 1 is 0.389 bits per heavy atom. The van der Waals surface area contributed by atoms with E-state index in [0.717, 1.165) is 77.8 Å². The Morgan fingerprint density at radius 3 is 0.861 bits per heavy atom. The Balaban J connectivity index is 2.28. The summed E-state index contributed by atoms with van der Waals surface area (Å²) in [6.07, 6.45) is 8.95. The van der Waals surface area contributed by atoms with Crippen LogP contribution < -0.4 is 0 Å². The molecule has 202 valence electrons. The number of benzene rings is 2. The van der Waals surface area contributed by atoms with E-state index in [9.17, 15) is 0 Å². The van der Waals surface area contributed by atoms with Gasteiger partial charge in [-0.2, -0.15) is 0 Å². The molecule has 0 saturated heterocycles. The normalized spacial score (nSPS) is 11.3. The molecular formula is C32H50O4. The van der Waals surface area contributed by atoms with Gasteiger partial charge in [0.05, 0.1) is 26.4 Å². The van der Waals surface area contributed by atoms with Crippen molar-refractivity contribution in [3.8, 4) is 11.1 Å². The van der Waals surface area contributed by atoms with Crippen LogP contribution in [0.4, 0.5) is 0 Å². The second-order valence-electron chi connectivity index (χ2n) is 9.70. The van der Waals surface area contributed by atoms with Crippen molar-refractivity contribution in [1.82, 2.24) is 0 Å². The third-order valence-electron chi connectivity index (χ3n) is 6.08. The maximum atomic E-state index is 5.97. The molecule has 4 heteroatoms. The summed E-state index contributed by atoms with van der Waals surface area (Å²) in [4.78, 5) is 0. The van der Waals surface area contributed by atoms with Crippen LogP contribution in [-0.2, 0) is 45.4 Å². The first-order valence-corrected chi connectivity index (χ1v) is 14.3. The predicted octanol–water partition coefficient (Wildman–Crippen LogP) is 8.62. The zero-order chi connectivity index (χ0) is 25.8. The van der Waals surface area contributed by atoms with Crippen LogP contribution in [0.1, 0.15) is 101 Å². The van der Waals surface area contributed by atoms with E-state index in [-0.39, 0.29) is 0 Å². The smallest absolute Gasteiger partial charge is 0.0717 e. The minimum Gasteiger partial charge on any atom is -0.377 e. The largest absolute Gasteiger partial charge is 0.377 e. The van der Waals surface area contributed by atoms with Crippen LogP contribution in [0, 0.1) is 0 Å². The zero-order valence-electron chi connectivity index (χ0n) is 23.4. The lowest BCUT2D eigenvalue weighted by atomic mass is 9.96. The summed E-state index contributed by atoms with van der Waals surface area (Å²) in [5, 5.41) is 0. The second-order valence-corrected chi connectivity index (χ2v) is 9.70. The lowest BCUT2D eigenvalue weighted by Gasteiger charge is -2.14. The van der Waals surface area contributed by atoms with Crippen molar-refractivity contribution in [2.45, 2.75) is 105 Å². The first-order chi connectivity index (χ1) is 17.7. The molecule has 0 saturated carbocycles. The molecule has 0 aliphatic carbocycles. The van der Waals surface area contributed by atoms with E-state index in [2.05, 4.69) is 64.1 Å². The van der Waals surface area contributed by atoms with Crippen molar-refractivity contribution in [3.05, 3.63) is 58.7 Å².